The number of anilines is 2. The van der Waals surface area contributed by atoms with E-state index >= 15 is 0 Å². The van der Waals surface area contributed by atoms with Crippen molar-refractivity contribution in [3.05, 3.63) is 106 Å². The molecule has 0 fully saturated rings. The summed E-state index contributed by atoms with van der Waals surface area (Å²) in [5.74, 6) is 0. The van der Waals surface area contributed by atoms with Crippen LogP contribution in [0.4, 0.5) is 11.4 Å². The Labute approximate surface area is 234 Å². The van der Waals surface area contributed by atoms with Gasteiger partial charge in [-0.15, -0.1) is 0 Å². The quantitative estimate of drug-likeness (QED) is 0.573. The summed E-state index contributed by atoms with van der Waals surface area (Å²) in [5, 5.41) is 9.60. The van der Waals surface area contributed by atoms with Crippen molar-refractivity contribution in [1.82, 2.24) is 0 Å². The highest BCUT2D eigenvalue weighted by Crippen LogP contribution is 2.51. The van der Waals surface area contributed by atoms with Gasteiger partial charge in [0, 0.05) is 53.8 Å². The fraction of sp³-hybridized carbons (Fsp3) is 0.412. The Morgan fingerprint density at radius 2 is 1.63 bits per heavy atom. The number of aliphatic hydroxyl groups is 1. The predicted molar refractivity (Wildman–Crippen MR) is 155 cm³/mol. The molecule has 6 rings (SSSR count). The van der Waals surface area contributed by atoms with Crippen LogP contribution in [-0.4, -0.2) is 24.8 Å². The molecule has 0 spiro atoms. The summed E-state index contributed by atoms with van der Waals surface area (Å²) in [5.41, 5.74) is 12.7. The Hall–Kier alpha value is -2.75. The molecular formula is C34H40ClN2O-. The SMILES string of the molecule is CC1(C)C(/C=C/C(=C/C=C2/N3CCCc4cccc(c43)C2(C)C)CCCO)=CN2CCc3cccc1c32.[Cl-]. The van der Waals surface area contributed by atoms with Crippen molar-refractivity contribution in [2.24, 2.45) is 0 Å². The number of allylic oxidation sites excluding steroid dienone is 7. The summed E-state index contributed by atoms with van der Waals surface area (Å²) in [4.78, 5) is 5.01. The van der Waals surface area contributed by atoms with Gasteiger partial charge in [-0.3, -0.25) is 0 Å². The van der Waals surface area contributed by atoms with Crippen molar-refractivity contribution >= 4 is 11.4 Å². The van der Waals surface area contributed by atoms with Crippen LogP contribution in [0.1, 0.15) is 69.2 Å². The van der Waals surface area contributed by atoms with Gasteiger partial charge in [-0.05, 0) is 71.6 Å². The second-order valence-corrected chi connectivity index (χ2v) is 12.1. The molecule has 4 aliphatic rings. The minimum atomic E-state index is -0.0392. The zero-order valence-electron chi connectivity index (χ0n) is 23.2. The van der Waals surface area contributed by atoms with Gasteiger partial charge in [0.15, 0.2) is 0 Å². The van der Waals surface area contributed by atoms with Gasteiger partial charge in [0.05, 0.1) is 0 Å². The van der Waals surface area contributed by atoms with Crippen LogP contribution in [0.3, 0.4) is 0 Å². The van der Waals surface area contributed by atoms with Crippen LogP contribution >= 0.6 is 0 Å². The highest BCUT2D eigenvalue weighted by molar-refractivity contribution is 5.75. The number of benzene rings is 2. The molecule has 3 nitrogen and oxygen atoms in total. The van der Waals surface area contributed by atoms with Crippen LogP contribution in [-0.2, 0) is 23.7 Å². The van der Waals surface area contributed by atoms with E-state index in [4.69, 9.17) is 0 Å². The number of aryl methyl sites for hydroxylation is 1. The number of hydrogen-bond donors (Lipinski definition) is 1. The van der Waals surface area contributed by atoms with Crippen molar-refractivity contribution in [3.63, 3.8) is 0 Å². The monoisotopic (exact) mass is 527 g/mol. The van der Waals surface area contributed by atoms with Crippen LogP contribution in [0.5, 0.6) is 0 Å². The zero-order chi connectivity index (χ0) is 25.8. The molecule has 1 N–H and O–H groups in total. The Bertz CT molecular complexity index is 1360. The van der Waals surface area contributed by atoms with Gasteiger partial charge in [-0.1, -0.05) is 82.3 Å². The number of nitrogens with zero attached hydrogens (tertiary/aromatic N) is 2. The van der Waals surface area contributed by atoms with Crippen LogP contribution in [0.25, 0.3) is 0 Å². The average molecular weight is 528 g/mol. The fourth-order valence-corrected chi connectivity index (χ4v) is 6.91. The Balaban J connectivity index is 0.00000294. The Kier molecular flexibility index (Phi) is 7.13. The molecule has 0 saturated carbocycles. The molecule has 0 atom stereocenters. The molecule has 4 aliphatic heterocycles. The van der Waals surface area contributed by atoms with Crippen LogP contribution in [0.15, 0.2) is 83.7 Å². The molecule has 38 heavy (non-hydrogen) atoms. The molecule has 0 saturated heterocycles. The van der Waals surface area contributed by atoms with Gasteiger partial charge in [-0.2, -0.15) is 0 Å². The summed E-state index contributed by atoms with van der Waals surface area (Å²) >= 11 is 0. The lowest BCUT2D eigenvalue weighted by Crippen LogP contribution is -3.00. The lowest BCUT2D eigenvalue weighted by atomic mass is 9.74. The number of para-hydroxylation sites is 2. The van der Waals surface area contributed by atoms with E-state index in [0.29, 0.717) is 0 Å². The number of halogens is 1. The van der Waals surface area contributed by atoms with Crippen molar-refractivity contribution in [2.45, 2.75) is 70.6 Å². The first-order valence-electron chi connectivity index (χ1n) is 14.0. The third kappa shape index (κ3) is 4.25. The summed E-state index contributed by atoms with van der Waals surface area (Å²) < 4.78 is 0. The van der Waals surface area contributed by atoms with Gasteiger partial charge in [0.25, 0.3) is 0 Å². The minimum absolute atomic E-state index is 0. The van der Waals surface area contributed by atoms with E-state index in [1.54, 1.807) is 0 Å². The third-order valence-corrected chi connectivity index (χ3v) is 9.10. The van der Waals surface area contributed by atoms with E-state index in [2.05, 4.69) is 104 Å². The molecule has 0 amide bonds. The molecular weight excluding hydrogens is 488 g/mol. The fourth-order valence-electron chi connectivity index (χ4n) is 6.91. The molecule has 2 aromatic carbocycles. The first-order valence-corrected chi connectivity index (χ1v) is 14.0. The molecule has 0 aromatic heterocycles. The van der Waals surface area contributed by atoms with E-state index in [0.717, 1.165) is 32.4 Å². The van der Waals surface area contributed by atoms with Crippen LogP contribution < -0.4 is 22.2 Å². The summed E-state index contributed by atoms with van der Waals surface area (Å²) in [6.07, 6.45) is 16.8. The van der Waals surface area contributed by atoms with E-state index in [1.165, 1.54) is 63.3 Å². The molecule has 0 bridgehead atoms. The second-order valence-electron chi connectivity index (χ2n) is 12.1. The van der Waals surface area contributed by atoms with Gasteiger partial charge >= 0.3 is 0 Å². The lowest BCUT2D eigenvalue weighted by molar-refractivity contribution is -0.00000878. The third-order valence-electron chi connectivity index (χ3n) is 9.10. The van der Waals surface area contributed by atoms with E-state index in [9.17, 15) is 5.11 Å². The summed E-state index contributed by atoms with van der Waals surface area (Å²) in [6.45, 7) is 11.8. The van der Waals surface area contributed by atoms with Crippen LogP contribution in [0.2, 0.25) is 0 Å². The number of hydrogen-bond acceptors (Lipinski definition) is 3. The second kappa shape index (κ2) is 10.1. The van der Waals surface area contributed by atoms with Crippen molar-refractivity contribution in [3.8, 4) is 0 Å². The Morgan fingerprint density at radius 1 is 0.921 bits per heavy atom. The van der Waals surface area contributed by atoms with Gasteiger partial charge in [0.1, 0.15) is 0 Å². The minimum Gasteiger partial charge on any atom is -1.00 e. The molecule has 2 aromatic rings. The van der Waals surface area contributed by atoms with Gasteiger partial charge in [0.2, 0.25) is 0 Å². The average Bonchev–Trinajstić information content (AvgIpc) is 3.40. The van der Waals surface area contributed by atoms with E-state index in [1.807, 2.05) is 0 Å². The number of rotatable bonds is 6. The lowest BCUT2D eigenvalue weighted by Gasteiger charge is -2.37. The highest BCUT2D eigenvalue weighted by atomic mass is 35.5. The molecule has 200 valence electrons. The smallest absolute Gasteiger partial charge is 0.0483 e. The van der Waals surface area contributed by atoms with Crippen molar-refractivity contribution < 1.29 is 17.5 Å². The maximum absolute atomic E-state index is 9.60. The molecule has 0 aliphatic carbocycles. The van der Waals surface area contributed by atoms with Crippen molar-refractivity contribution in [1.29, 1.82) is 0 Å². The van der Waals surface area contributed by atoms with Gasteiger partial charge < -0.3 is 27.3 Å². The predicted octanol–water partition coefficient (Wildman–Crippen LogP) is 4.11. The molecule has 4 heterocycles. The topological polar surface area (TPSA) is 26.7 Å². The van der Waals surface area contributed by atoms with E-state index < -0.39 is 0 Å². The van der Waals surface area contributed by atoms with Crippen LogP contribution in [0, 0.1) is 0 Å². The summed E-state index contributed by atoms with van der Waals surface area (Å²) in [6, 6.07) is 13.6. The van der Waals surface area contributed by atoms with Crippen molar-refractivity contribution in [2.75, 3.05) is 29.5 Å². The van der Waals surface area contributed by atoms with Gasteiger partial charge in [-0.25, -0.2) is 0 Å². The molecule has 4 heteroatoms. The Morgan fingerprint density at radius 3 is 2.37 bits per heavy atom. The maximum atomic E-state index is 9.60. The highest BCUT2D eigenvalue weighted by Gasteiger charge is 2.42. The standard InChI is InChI=1S/C34H40N2O.ClH/c1-33(2)27(23-35-21-19-26-11-6-13-28(33)31(26)35)17-15-24(9-8-22-37)16-18-30-34(3,4)29-14-5-10-25-12-7-20-36(30)32(25)29;/h5-6,10-11,13-18,23,37H,7-9,12,19-22H2,1-4H3;1H/p-1/b17-15+,24-16+,30-18+;. The first-order chi connectivity index (χ1) is 17.8. The molecule has 0 radical (unpaired) electrons. The largest absolute Gasteiger partial charge is 1.00 e. The maximum Gasteiger partial charge on any atom is 0.0483 e. The number of aliphatic hydroxyl groups excluding tert-OH is 1. The zero-order valence-corrected chi connectivity index (χ0v) is 24.0. The first kappa shape index (κ1) is 26.8. The van der Waals surface area contributed by atoms with E-state index in [-0.39, 0.29) is 29.8 Å². The normalized spacial score (nSPS) is 21.4. The summed E-state index contributed by atoms with van der Waals surface area (Å²) in [7, 11) is 0. The molecule has 0 unspecified atom stereocenters.